The molecule has 6 heteroatoms. The molecule has 6 nitrogen and oxygen atoms in total. The van der Waals surface area contributed by atoms with Crippen LogP contribution in [0.3, 0.4) is 0 Å². The Kier molecular flexibility index (Phi) is 8.02. The molecule has 0 aliphatic carbocycles. The third-order valence-corrected chi connectivity index (χ3v) is 6.53. The Morgan fingerprint density at radius 3 is 2.59 bits per heavy atom. The molecule has 0 radical (unpaired) electrons. The minimum Gasteiger partial charge on any atom is -0.387 e. The molecule has 2 N–H and O–H groups in total. The number of rotatable bonds is 7. The monoisotopic (exact) mass is 447 g/mol. The summed E-state index contributed by atoms with van der Waals surface area (Å²) in [5, 5.41) is 13.7. The molecule has 0 aromatic heterocycles. The fourth-order valence-corrected chi connectivity index (χ4v) is 4.68. The van der Waals surface area contributed by atoms with E-state index in [-0.39, 0.29) is 35.9 Å². The number of carbonyl (C=O) groups is 1. The summed E-state index contributed by atoms with van der Waals surface area (Å²) in [6.07, 6.45) is 12.1. The van der Waals surface area contributed by atoms with Gasteiger partial charge in [0.2, 0.25) is 5.91 Å². The van der Waals surface area contributed by atoms with E-state index in [4.69, 9.17) is 14.2 Å². The third kappa shape index (κ3) is 6.77. The highest BCUT2D eigenvalue weighted by molar-refractivity contribution is 5.87. The summed E-state index contributed by atoms with van der Waals surface area (Å²) < 4.78 is 17.8. The summed E-state index contributed by atoms with van der Waals surface area (Å²) in [5.74, 6) is 0.309. The minimum atomic E-state index is -0.635. The van der Waals surface area contributed by atoms with Crippen molar-refractivity contribution < 1.29 is 24.1 Å². The highest BCUT2D eigenvalue weighted by Crippen LogP contribution is 2.46. The standard InChI is InChI=1S/C26H41NO5/c1-17(2)7-14-23(28)27-21-12-11-20(31-19(21)4)10-8-18(3)9-13-22-24(29)26(16-30-26)15-25(5,6)32-22/h7-9,13-14,17,19-22,24,29H,10-12,15-16H2,1-6H3,(H,27,28)/b13-9+,14-7-,18-8+/t19-,20+,21-,22-,24-,26-/m1/s1. The van der Waals surface area contributed by atoms with E-state index in [1.807, 2.05) is 39.0 Å². The maximum atomic E-state index is 12.1. The van der Waals surface area contributed by atoms with E-state index in [9.17, 15) is 9.90 Å². The second kappa shape index (κ2) is 10.2. The largest absolute Gasteiger partial charge is 0.387 e. The Bertz CT molecular complexity index is 749. The van der Waals surface area contributed by atoms with Crippen molar-refractivity contribution in [2.75, 3.05) is 6.61 Å². The lowest BCUT2D eigenvalue weighted by molar-refractivity contribution is -0.171. The summed E-state index contributed by atoms with van der Waals surface area (Å²) in [4.78, 5) is 12.1. The summed E-state index contributed by atoms with van der Waals surface area (Å²) in [5.41, 5.74) is 0.363. The quantitative estimate of drug-likeness (QED) is 0.352. The van der Waals surface area contributed by atoms with E-state index in [0.717, 1.165) is 24.8 Å². The van der Waals surface area contributed by atoms with Crippen molar-refractivity contribution in [2.45, 2.75) is 109 Å². The van der Waals surface area contributed by atoms with Crippen LogP contribution in [-0.2, 0) is 19.0 Å². The third-order valence-electron chi connectivity index (χ3n) is 6.53. The molecule has 3 aliphatic rings. The zero-order chi connectivity index (χ0) is 23.5. The summed E-state index contributed by atoms with van der Waals surface area (Å²) in [7, 11) is 0. The van der Waals surface area contributed by atoms with Crippen molar-refractivity contribution in [3.63, 3.8) is 0 Å². The number of hydrogen-bond donors (Lipinski definition) is 2. The van der Waals surface area contributed by atoms with E-state index >= 15 is 0 Å². The number of allylic oxidation sites excluding steroid dienone is 3. The van der Waals surface area contributed by atoms with Crippen LogP contribution in [0.2, 0.25) is 0 Å². The van der Waals surface area contributed by atoms with Gasteiger partial charge in [0, 0.05) is 6.42 Å². The number of aliphatic hydroxyl groups is 1. The highest BCUT2D eigenvalue weighted by atomic mass is 16.6. The first-order chi connectivity index (χ1) is 15.0. The molecule has 180 valence electrons. The van der Waals surface area contributed by atoms with Gasteiger partial charge in [-0.2, -0.15) is 0 Å². The van der Waals surface area contributed by atoms with Crippen LogP contribution in [0.25, 0.3) is 0 Å². The van der Waals surface area contributed by atoms with Crippen LogP contribution in [0.4, 0.5) is 0 Å². The van der Waals surface area contributed by atoms with Crippen molar-refractivity contribution in [2.24, 2.45) is 5.92 Å². The van der Waals surface area contributed by atoms with Gasteiger partial charge in [-0.05, 0) is 59.0 Å². The molecular formula is C26H41NO5. The number of nitrogens with one attached hydrogen (secondary N) is 1. The number of hydrogen-bond acceptors (Lipinski definition) is 5. The minimum absolute atomic E-state index is 0.0165. The lowest BCUT2D eigenvalue weighted by Crippen LogP contribution is -2.53. The van der Waals surface area contributed by atoms with E-state index < -0.39 is 11.7 Å². The molecule has 3 aliphatic heterocycles. The molecule has 0 aromatic carbocycles. The van der Waals surface area contributed by atoms with Crippen molar-refractivity contribution in [3.8, 4) is 0 Å². The topological polar surface area (TPSA) is 80.3 Å². The van der Waals surface area contributed by atoms with Crippen LogP contribution in [0.5, 0.6) is 0 Å². The SMILES string of the molecule is CC(/C=C/[C@H]1OC(C)(C)C[C@@]2(CO2)[C@@H]1O)=C\C[C@H]1CC[C@@H](NC(=O)/C=C\C(C)C)[C@@H](C)O1. The van der Waals surface area contributed by atoms with Crippen LogP contribution in [0.15, 0.2) is 36.0 Å². The lowest BCUT2D eigenvalue weighted by Gasteiger charge is -2.41. The van der Waals surface area contributed by atoms with Gasteiger partial charge in [-0.15, -0.1) is 0 Å². The van der Waals surface area contributed by atoms with Gasteiger partial charge in [0.1, 0.15) is 17.8 Å². The zero-order valence-corrected chi connectivity index (χ0v) is 20.5. The summed E-state index contributed by atoms with van der Waals surface area (Å²) >= 11 is 0. The average molecular weight is 448 g/mol. The summed E-state index contributed by atoms with van der Waals surface area (Å²) in [6, 6.07) is 0.0470. The molecule has 1 spiro atoms. The first-order valence-corrected chi connectivity index (χ1v) is 12.0. The van der Waals surface area contributed by atoms with Gasteiger partial charge >= 0.3 is 0 Å². The molecule has 0 unspecified atom stereocenters. The van der Waals surface area contributed by atoms with Crippen LogP contribution in [0.1, 0.15) is 67.2 Å². The second-order valence-electron chi connectivity index (χ2n) is 10.6. The van der Waals surface area contributed by atoms with Crippen molar-refractivity contribution in [1.82, 2.24) is 5.32 Å². The molecule has 0 aromatic rings. The van der Waals surface area contributed by atoms with Crippen molar-refractivity contribution >= 4 is 5.91 Å². The van der Waals surface area contributed by atoms with Crippen molar-refractivity contribution in [3.05, 3.63) is 36.0 Å². The summed E-state index contributed by atoms with van der Waals surface area (Å²) in [6.45, 7) is 12.9. The van der Waals surface area contributed by atoms with Crippen LogP contribution >= 0.6 is 0 Å². The predicted octanol–water partition coefficient (Wildman–Crippen LogP) is 3.84. The van der Waals surface area contributed by atoms with E-state index in [0.29, 0.717) is 18.9 Å². The number of carbonyl (C=O) groups excluding carboxylic acids is 1. The van der Waals surface area contributed by atoms with Gasteiger partial charge in [0.25, 0.3) is 0 Å². The Morgan fingerprint density at radius 2 is 1.97 bits per heavy atom. The first-order valence-electron chi connectivity index (χ1n) is 12.0. The molecule has 32 heavy (non-hydrogen) atoms. The number of epoxide rings is 1. The molecular weight excluding hydrogens is 406 g/mol. The molecule has 0 saturated carbocycles. The zero-order valence-electron chi connectivity index (χ0n) is 20.5. The molecule has 3 rings (SSSR count). The Morgan fingerprint density at radius 1 is 1.25 bits per heavy atom. The number of ether oxygens (including phenoxy) is 3. The second-order valence-corrected chi connectivity index (χ2v) is 10.6. The van der Waals surface area contributed by atoms with Gasteiger partial charge in [0.15, 0.2) is 0 Å². The first kappa shape index (κ1) is 25.2. The van der Waals surface area contributed by atoms with Gasteiger partial charge in [0.05, 0.1) is 30.5 Å². The van der Waals surface area contributed by atoms with Gasteiger partial charge < -0.3 is 24.6 Å². The molecule has 0 bridgehead atoms. The maximum Gasteiger partial charge on any atom is 0.243 e. The molecule has 3 fully saturated rings. The maximum absolute atomic E-state index is 12.1. The fraction of sp³-hybridized carbons (Fsp3) is 0.731. The van der Waals surface area contributed by atoms with Crippen LogP contribution in [0, 0.1) is 5.92 Å². The fourth-order valence-electron chi connectivity index (χ4n) is 4.68. The number of amides is 1. The molecule has 6 atom stereocenters. The Labute approximate surface area is 193 Å². The van der Waals surface area contributed by atoms with Crippen LogP contribution < -0.4 is 5.32 Å². The Balaban J connectivity index is 1.47. The van der Waals surface area contributed by atoms with E-state index in [1.165, 1.54) is 0 Å². The highest BCUT2D eigenvalue weighted by Gasteiger charge is 2.60. The van der Waals surface area contributed by atoms with Gasteiger partial charge in [-0.1, -0.05) is 43.7 Å². The lowest BCUT2D eigenvalue weighted by atomic mass is 9.83. The normalized spacial score (nSPS) is 37.5. The van der Waals surface area contributed by atoms with E-state index in [1.54, 1.807) is 6.08 Å². The molecule has 1 amide bonds. The smallest absolute Gasteiger partial charge is 0.243 e. The average Bonchev–Trinajstić information content (AvgIpc) is 3.47. The Hall–Kier alpha value is -1.47. The number of aliphatic hydroxyl groups excluding tert-OH is 1. The van der Waals surface area contributed by atoms with Gasteiger partial charge in [-0.3, -0.25) is 4.79 Å². The van der Waals surface area contributed by atoms with E-state index in [2.05, 4.69) is 32.2 Å². The molecule has 3 saturated heterocycles. The van der Waals surface area contributed by atoms with Crippen molar-refractivity contribution in [1.29, 1.82) is 0 Å². The predicted molar refractivity (Wildman–Crippen MR) is 125 cm³/mol. The molecule has 3 heterocycles. The van der Waals surface area contributed by atoms with Crippen LogP contribution in [-0.4, -0.2) is 59.3 Å². The van der Waals surface area contributed by atoms with Gasteiger partial charge in [-0.25, -0.2) is 0 Å².